The van der Waals surface area contributed by atoms with E-state index in [0.29, 0.717) is 11.1 Å². The molecule has 3 rings (SSSR count). The number of non-ortho nitro benzene ring substituents is 1. The van der Waals surface area contributed by atoms with Crippen molar-refractivity contribution in [3.05, 3.63) is 78.9 Å². The summed E-state index contributed by atoms with van der Waals surface area (Å²) in [6, 6.07) is 5.88. The molecule has 2 aromatic carbocycles. The van der Waals surface area contributed by atoms with Crippen LogP contribution in [0.25, 0.3) is 10.9 Å². The number of carbonyl (C=O) groups is 1. The lowest BCUT2D eigenvalue weighted by Gasteiger charge is -2.14. The Kier molecular flexibility index (Phi) is 4.61. The third-order valence-corrected chi connectivity index (χ3v) is 4.97. The molecule has 0 atom stereocenters. The van der Waals surface area contributed by atoms with E-state index in [2.05, 4.69) is 4.98 Å². The van der Waals surface area contributed by atoms with Gasteiger partial charge in [0.2, 0.25) is 0 Å². The third-order valence-electron chi connectivity index (χ3n) is 4.97. The zero-order valence-corrected chi connectivity index (χ0v) is 15.6. The molecule has 138 valence electrons. The molecule has 0 bridgehead atoms. The van der Waals surface area contributed by atoms with Gasteiger partial charge >= 0.3 is 0 Å². The Morgan fingerprint density at radius 2 is 1.81 bits per heavy atom. The molecule has 0 saturated heterocycles. The largest absolute Gasteiger partial charge is 0.292 e. The zero-order chi connectivity index (χ0) is 19.9. The van der Waals surface area contributed by atoms with Gasteiger partial charge in [-0.15, -0.1) is 0 Å². The summed E-state index contributed by atoms with van der Waals surface area (Å²) in [4.78, 5) is 40.1. The molecule has 0 radical (unpaired) electrons. The van der Waals surface area contributed by atoms with Crippen LogP contribution < -0.4 is 5.56 Å². The molecule has 0 aliphatic heterocycles. The summed E-state index contributed by atoms with van der Waals surface area (Å²) < 4.78 is 1.20. The van der Waals surface area contributed by atoms with Crippen LogP contribution in [-0.2, 0) is 6.54 Å². The van der Waals surface area contributed by atoms with Gasteiger partial charge in [-0.25, -0.2) is 4.98 Å². The van der Waals surface area contributed by atoms with Crippen molar-refractivity contribution in [1.29, 1.82) is 0 Å². The third kappa shape index (κ3) is 3.23. The summed E-state index contributed by atoms with van der Waals surface area (Å²) in [7, 11) is 0. The molecule has 0 aliphatic rings. The Bertz CT molecular complexity index is 1160. The number of rotatable bonds is 4. The van der Waals surface area contributed by atoms with Gasteiger partial charge in [0.1, 0.15) is 0 Å². The van der Waals surface area contributed by atoms with E-state index in [4.69, 9.17) is 0 Å². The second kappa shape index (κ2) is 6.75. The van der Waals surface area contributed by atoms with E-state index in [1.54, 1.807) is 0 Å². The number of hydrogen-bond acceptors (Lipinski definition) is 5. The average molecular weight is 365 g/mol. The topological polar surface area (TPSA) is 95.1 Å². The van der Waals surface area contributed by atoms with Crippen LogP contribution >= 0.6 is 0 Å². The van der Waals surface area contributed by atoms with Crippen molar-refractivity contribution in [2.24, 2.45) is 0 Å². The second-order valence-electron chi connectivity index (χ2n) is 6.69. The maximum absolute atomic E-state index is 12.9. The highest BCUT2D eigenvalue weighted by atomic mass is 16.6. The van der Waals surface area contributed by atoms with Gasteiger partial charge in [-0.3, -0.25) is 24.3 Å². The number of aromatic nitrogens is 2. The lowest BCUT2D eigenvalue weighted by Crippen LogP contribution is -2.25. The maximum Gasteiger partial charge on any atom is 0.270 e. The highest BCUT2D eigenvalue weighted by Gasteiger charge is 2.18. The van der Waals surface area contributed by atoms with Crippen LogP contribution in [0.15, 0.2) is 35.4 Å². The minimum atomic E-state index is -0.566. The quantitative estimate of drug-likeness (QED) is 0.401. The van der Waals surface area contributed by atoms with Crippen LogP contribution in [0.3, 0.4) is 0 Å². The van der Waals surface area contributed by atoms with Gasteiger partial charge in [0, 0.05) is 17.7 Å². The van der Waals surface area contributed by atoms with Crippen LogP contribution in [0.2, 0.25) is 0 Å². The predicted molar refractivity (Wildman–Crippen MR) is 102 cm³/mol. The van der Waals surface area contributed by atoms with Gasteiger partial charge in [0.25, 0.3) is 11.2 Å². The van der Waals surface area contributed by atoms with Gasteiger partial charge in [-0.2, -0.15) is 0 Å². The number of carbonyl (C=O) groups excluding carboxylic acids is 1. The number of ketones is 1. The van der Waals surface area contributed by atoms with Crippen LogP contribution in [0.1, 0.15) is 32.6 Å². The summed E-state index contributed by atoms with van der Waals surface area (Å²) in [6.45, 7) is 7.55. The lowest BCUT2D eigenvalue weighted by molar-refractivity contribution is -0.384. The van der Waals surface area contributed by atoms with Crippen molar-refractivity contribution >= 4 is 22.4 Å². The summed E-state index contributed by atoms with van der Waals surface area (Å²) in [5, 5.41) is 11.1. The maximum atomic E-state index is 12.9. The molecule has 0 fully saturated rings. The van der Waals surface area contributed by atoms with Crippen LogP contribution in [0, 0.1) is 37.8 Å². The Morgan fingerprint density at radius 3 is 2.48 bits per heavy atom. The van der Waals surface area contributed by atoms with Crippen molar-refractivity contribution in [2.45, 2.75) is 34.2 Å². The monoisotopic (exact) mass is 365 g/mol. The first-order valence-electron chi connectivity index (χ1n) is 8.45. The molecular formula is C20H19N3O4. The molecule has 1 heterocycles. The molecule has 27 heavy (non-hydrogen) atoms. The SMILES string of the molecule is Cc1cc(C)c(C(=O)Cn2cnc3ccc([N+](=O)[O-])cc3c2=O)c(C)c1C. The van der Waals surface area contributed by atoms with Crippen LogP contribution in [-0.4, -0.2) is 20.3 Å². The van der Waals surface area contributed by atoms with Crippen molar-refractivity contribution < 1.29 is 9.72 Å². The first-order valence-corrected chi connectivity index (χ1v) is 8.45. The van der Waals surface area contributed by atoms with Crippen LogP contribution in [0.4, 0.5) is 5.69 Å². The minimum Gasteiger partial charge on any atom is -0.292 e. The van der Waals surface area contributed by atoms with E-state index in [1.165, 1.54) is 29.1 Å². The smallest absolute Gasteiger partial charge is 0.270 e. The van der Waals surface area contributed by atoms with Crippen molar-refractivity contribution in [1.82, 2.24) is 9.55 Å². The first kappa shape index (κ1) is 18.4. The molecule has 0 amide bonds. The number of nitro groups is 1. The highest BCUT2D eigenvalue weighted by molar-refractivity contribution is 5.99. The molecule has 0 saturated carbocycles. The van der Waals surface area contributed by atoms with Gasteiger partial charge in [0.05, 0.1) is 28.7 Å². The summed E-state index contributed by atoms with van der Waals surface area (Å²) >= 11 is 0. The summed E-state index contributed by atoms with van der Waals surface area (Å²) in [6.07, 6.45) is 1.31. The van der Waals surface area contributed by atoms with Crippen molar-refractivity contribution in [3.63, 3.8) is 0 Å². The molecule has 0 N–H and O–H groups in total. The van der Waals surface area contributed by atoms with Gasteiger partial charge in [0.15, 0.2) is 5.78 Å². The van der Waals surface area contributed by atoms with Gasteiger partial charge in [-0.05, 0) is 56.0 Å². The number of fused-ring (bicyclic) bond motifs is 1. The fraction of sp³-hybridized carbons (Fsp3) is 0.250. The lowest BCUT2D eigenvalue weighted by atomic mass is 9.92. The number of benzene rings is 2. The van der Waals surface area contributed by atoms with Crippen molar-refractivity contribution in [2.75, 3.05) is 0 Å². The minimum absolute atomic E-state index is 0.119. The highest BCUT2D eigenvalue weighted by Crippen LogP contribution is 2.22. The Balaban J connectivity index is 2.06. The normalized spacial score (nSPS) is 11.0. The molecule has 0 aliphatic carbocycles. The Hall–Kier alpha value is -3.35. The number of Topliss-reactive ketones (excluding diaryl/α,β-unsaturated/α-hetero) is 1. The summed E-state index contributed by atoms with van der Waals surface area (Å²) in [5.74, 6) is -0.193. The number of nitrogens with zero attached hydrogens (tertiary/aromatic N) is 3. The molecule has 3 aromatic rings. The van der Waals surface area contributed by atoms with E-state index in [0.717, 1.165) is 22.3 Å². The van der Waals surface area contributed by atoms with Gasteiger partial charge < -0.3 is 0 Å². The van der Waals surface area contributed by atoms with E-state index < -0.39 is 10.5 Å². The second-order valence-corrected chi connectivity index (χ2v) is 6.69. The van der Waals surface area contributed by atoms with E-state index in [1.807, 2.05) is 33.8 Å². The van der Waals surface area contributed by atoms with E-state index >= 15 is 0 Å². The fourth-order valence-corrected chi connectivity index (χ4v) is 3.32. The number of hydrogen-bond donors (Lipinski definition) is 0. The molecule has 7 heteroatoms. The van der Waals surface area contributed by atoms with Gasteiger partial charge in [-0.1, -0.05) is 6.07 Å². The average Bonchev–Trinajstić information content (AvgIpc) is 2.62. The van der Waals surface area contributed by atoms with Crippen LogP contribution in [0.5, 0.6) is 0 Å². The first-order chi connectivity index (χ1) is 12.7. The zero-order valence-electron chi connectivity index (χ0n) is 15.6. The fourth-order valence-electron chi connectivity index (χ4n) is 3.32. The van der Waals surface area contributed by atoms with E-state index in [9.17, 15) is 19.7 Å². The molecule has 1 aromatic heterocycles. The number of nitro benzene ring substituents is 1. The molecular weight excluding hydrogens is 346 g/mol. The predicted octanol–water partition coefficient (Wildman–Crippen LogP) is 3.42. The molecule has 7 nitrogen and oxygen atoms in total. The van der Waals surface area contributed by atoms with E-state index in [-0.39, 0.29) is 23.4 Å². The van der Waals surface area contributed by atoms with Crippen molar-refractivity contribution in [3.8, 4) is 0 Å². The molecule has 0 unspecified atom stereocenters. The molecule has 0 spiro atoms. The number of aryl methyl sites for hydroxylation is 2. The summed E-state index contributed by atoms with van der Waals surface area (Å²) in [5.41, 5.74) is 4.20. The standard InChI is InChI=1S/C20H19N3O4/c1-11-7-12(2)19(14(4)13(11)3)18(24)9-22-10-21-17-6-5-15(23(26)27)8-16(17)20(22)25/h5-8,10H,9H2,1-4H3. The Morgan fingerprint density at radius 1 is 1.11 bits per heavy atom. The Labute approximate surface area is 155 Å².